The van der Waals surface area contributed by atoms with Crippen LogP contribution in [0.25, 0.3) is 0 Å². The zero-order chi connectivity index (χ0) is 8.48. The molecule has 2 saturated carbocycles. The van der Waals surface area contributed by atoms with Crippen molar-refractivity contribution in [3.63, 3.8) is 0 Å². The van der Waals surface area contributed by atoms with Gasteiger partial charge in [0.05, 0.1) is 6.26 Å². The van der Waals surface area contributed by atoms with E-state index in [-0.39, 0.29) is 0 Å². The van der Waals surface area contributed by atoms with Crippen molar-refractivity contribution < 1.29 is 13.0 Å². The molecule has 0 aromatic heterocycles. The lowest BCUT2D eigenvalue weighted by molar-refractivity contribution is 0.490. The first-order chi connectivity index (χ1) is 4.97. The van der Waals surface area contributed by atoms with Crippen LogP contribution in [0, 0.1) is 11.8 Å². The van der Waals surface area contributed by atoms with Crippen molar-refractivity contribution in [2.75, 3.05) is 6.26 Å². The van der Waals surface area contributed by atoms with E-state index < -0.39 is 10.1 Å². The van der Waals surface area contributed by atoms with Crippen LogP contribution in [0.4, 0.5) is 0 Å². The molecular weight excluding hydrogens is 164 g/mol. The number of fused-ring (bicyclic) bond motifs is 1. The van der Waals surface area contributed by atoms with Gasteiger partial charge in [-0.05, 0) is 18.3 Å². The standard InChI is InChI=1S/C6H10.CH4O3S/c1-2-5-4-6(5)3-1;1-5(2,3)4/h5-6H,1-4H2;1H3,(H,2,3,4). The molecule has 0 radical (unpaired) electrons. The van der Waals surface area contributed by atoms with Gasteiger partial charge in [-0.2, -0.15) is 8.42 Å². The predicted octanol–water partition coefficient (Wildman–Crippen LogP) is 1.31. The van der Waals surface area contributed by atoms with Gasteiger partial charge in [0.15, 0.2) is 0 Å². The first-order valence-electron chi connectivity index (χ1n) is 3.89. The van der Waals surface area contributed by atoms with Gasteiger partial charge >= 0.3 is 0 Å². The van der Waals surface area contributed by atoms with E-state index in [1.54, 1.807) is 19.3 Å². The molecule has 0 aromatic rings. The molecule has 66 valence electrons. The molecule has 3 nitrogen and oxygen atoms in total. The molecule has 0 heterocycles. The summed E-state index contributed by atoms with van der Waals surface area (Å²) in [6.07, 6.45) is 6.96. The molecule has 2 fully saturated rings. The highest BCUT2D eigenvalue weighted by molar-refractivity contribution is 7.85. The second-order valence-electron chi connectivity index (χ2n) is 3.42. The van der Waals surface area contributed by atoms with E-state index >= 15 is 0 Å². The maximum absolute atomic E-state index is 9.19. The third-order valence-corrected chi connectivity index (χ3v) is 2.22. The molecule has 11 heavy (non-hydrogen) atoms. The Bertz CT molecular complexity index is 204. The zero-order valence-electron chi connectivity index (χ0n) is 6.66. The molecule has 0 bridgehead atoms. The maximum Gasteiger partial charge on any atom is 0.261 e. The predicted molar refractivity (Wildman–Crippen MR) is 42.9 cm³/mol. The largest absolute Gasteiger partial charge is 0.286 e. The second-order valence-corrected chi connectivity index (χ2v) is 4.89. The Morgan fingerprint density at radius 1 is 1.27 bits per heavy atom. The fourth-order valence-corrected chi connectivity index (χ4v) is 1.66. The van der Waals surface area contributed by atoms with Crippen LogP contribution in [0.3, 0.4) is 0 Å². The normalized spacial score (nSPS) is 33.6. The number of hydrogen-bond donors (Lipinski definition) is 1. The summed E-state index contributed by atoms with van der Waals surface area (Å²) in [6, 6.07) is 0. The van der Waals surface area contributed by atoms with Crippen LogP contribution in [0.2, 0.25) is 0 Å². The van der Waals surface area contributed by atoms with E-state index in [4.69, 9.17) is 4.55 Å². The summed E-state index contributed by atoms with van der Waals surface area (Å²) in [7, 11) is -3.67. The average Bonchev–Trinajstić information content (AvgIpc) is 2.37. The van der Waals surface area contributed by atoms with Gasteiger partial charge in [-0.25, -0.2) is 0 Å². The highest BCUT2D eigenvalue weighted by Crippen LogP contribution is 2.51. The number of rotatable bonds is 0. The van der Waals surface area contributed by atoms with Crippen molar-refractivity contribution in [2.24, 2.45) is 11.8 Å². The Balaban J connectivity index is 0.000000114. The third-order valence-electron chi connectivity index (χ3n) is 2.22. The van der Waals surface area contributed by atoms with Crippen LogP contribution in [0.1, 0.15) is 25.7 Å². The topological polar surface area (TPSA) is 54.4 Å². The van der Waals surface area contributed by atoms with Crippen LogP contribution in [-0.4, -0.2) is 19.2 Å². The highest BCUT2D eigenvalue weighted by atomic mass is 32.2. The van der Waals surface area contributed by atoms with E-state index in [2.05, 4.69) is 0 Å². The summed E-state index contributed by atoms with van der Waals surface area (Å²) >= 11 is 0. The van der Waals surface area contributed by atoms with Crippen molar-refractivity contribution in [1.29, 1.82) is 0 Å². The van der Waals surface area contributed by atoms with Crippen LogP contribution < -0.4 is 0 Å². The Hall–Kier alpha value is -0.0900. The molecule has 0 saturated heterocycles. The lowest BCUT2D eigenvalue weighted by Gasteiger charge is -1.80. The van der Waals surface area contributed by atoms with Crippen molar-refractivity contribution in [2.45, 2.75) is 25.7 Å². The molecule has 2 aliphatic rings. The summed E-state index contributed by atoms with van der Waals surface area (Å²) in [5, 5.41) is 0. The molecule has 2 aliphatic carbocycles. The van der Waals surface area contributed by atoms with Crippen molar-refractivity contribution in [3.8, 4) is 0 Å². The van der Waals surface area contributed by atoms with Gasteiger partial charge in [-0.15, -0.1) is 0 Å². The highest BCUT2D eigenvalue weighted by Gasteiger charge is 2.40. The smallest absolute Gasteiger partial charge is 0.261 e. The lowest BCUT2D eigenvalue weighted by Crippen LogP contribution is -1.88. The molecule has 0 aromatic carbocycles. The van der Waals surface area contributed by atoms with Gasteiger partial charge in [0.2, 0.25) is 0 Å². The van der Waals surface area contributed by atoms with Crippen molar-refractivity contribution >= 4 is 10.1 Å². The summed E-state index contributed by atoms with van der Waals surface area (Å²) in [5.41, 5.74) is 0. The Kier molecular flexibility index (Phi) is 2.54. The zero-order valence-corrected chi connectivity index (χ0v) is 7.47. The molecule has 0 amide bonds. The monoisotopic (exact) mass is 178 g/mol. The minimum absolute atomic E-state index is 0.715. The molecule has 2 rings (SSSR count). The fourth-order valence-electron chi connectivity index (χ4n) is 1.66. The molecular formula is C7H14O3S. The van der Waals surface area contributed by atoms with Gasteiger partial charge < -0.3 is 0 Å². The van der Waals surface area contributed by atoms with E-state index in [0.29, 0.717) is 6.26 Å². The summed E-state index contributed by atoms with van der Waals surface area (Å²) in [4.78, 5) is 0. The maximum atomic E-state index is 9.19. The average molecular weight is 178 g/mol. The Morgan fingerprint density at radius 3 is 1.73 bits per heavy atom. The van der Waals surface area contributed by atoms with E-state index in [1.807, 2.05) is 0 Å². The molecule has 0 aliphatic heterocycles. The van der Waals surface area contributed by atoms with Gasteiger partial charge in [0, 0.05) is 0 Å². The van der Waals surface area contributed by atoms with Gasteiger partial charge in [0.1, 0.15) is 0 Å². The molecule has 2 unspecified atom stereocenters. The third kappa shape index (κ3) is 4.37. The molecule has 0 spiro atoms. The van der Waals surface area contributed by atoms with Crippen LogP contribution in [-0.2, 0) is 10.1 Å². The van der Waals surface area contributed by atoms with E-state index in [9.17, 15) is 8.42 Å². The summed E-state index contributed by atoms with van der Waals surface area (Å²) in [6.45, 7) is 0. The van der Waals surface area contributed by atoms with Crippen LogP contribution in [0.15, 0.2) is 0 Å². The van der Waals surface area contributed by atoms with Gasteiger partial charge in [-0.3, -0.25) is 4.55 Å². The fraction of sp³-hybridized carbons (Fsp3) is 1.00. The van der Waals surface area contributed by atoms with E-state index in [0.717, 1.165) is 0 Å². The molecule has 4 heteroatoms. The Morgan fingerprint density at radius 2 is 1.64 bits per heavy atom. The van der Waals surface area contributed by atoms with Crippen LogP contribution in [0.5, 0.6) is 0 Å². The van der Waals surface area contributed by atoms with Gasteiger partial charge in [0.25, 0.3) is 10.1 Å². The molecule has 2 atom stereocenters. The van der Waals surface area contributed by atoms with Crippen molar-refractivity contribution in [3.05, 3.63) is 0 Å². The quantitative estimate of drug-likeness (QED) is 0.569. The molecule has 1 N–H and O–H groups in total. The SMILES string of the molecule is C1CC2CC2C1.CS(=O)(=O)O. The first kappa shape index (κ1) is 9.00. The second kappa shape index (κ2) is 3.11. The minimum Gasteiger partial charge on any atom is -0.286 e. The summed E-state index contributed by atoms with van der Waals surface area (Å²) < 4.78 is 25.9. The van der Waals surface area contributed by atoms with E-state index in [1.165, 1.54) is 18.3 Å². The number of hydrogen-bond acceptors (Lipinski definition) is 2. The van der Waals surface area contributed by atoms with Crippen molar-refractivity contribution in [1.82, 2.24) is 0 Å². The minimum atomic E-state index is -3.67. The van der Waals surface area contributed by atoms with Gasteiger partial charge in [-0.1, -0.05) is 19.3 Å². The first-order valence-corrected chi connectivity index (χ1v) is 5.74. The summed E-state index contributed by atoms with van der Waals surface area (Å²) in [5.74, 6) is 2.43. The Labute approximate surface area is 67.6 Å². The van der Waals surface area contributed by atoms with Crippen LogP contribution >= 0.6 is 0 Å². The lowest BCUT2D eigenvalue weighted by atomic mass is 10.3.